The van der Waals surface area contributed by atoms with Crippen molar-refractivity contribution in [1.82, 2.24) is 15.5 Å². The number of ether oxygens (including phenoxy) is 1. The third kappa shape index (κ3) is 1.83. The number of H-pyrrole nitrogens is 1. The van der Waals surface area contributed by atoms with Crippen LogP contribution in [0.2, 0.25) is 0 Å². The van der Waals surface area contributed by atoms with Crippen LogP contribution in [0.25, 0.3) is 11.1 Å². The molecule has 0 radical (unpaired) electrons. The molecule has 19 heavy (non-hydrogen) atoms. The Morgan fingerprint density at radius 3 is 3.21 bits per heavy atom. The van der Waals surface area contributed by atoms with Gasteiger partial charge in [-0.05, 0) is 42.6 Å². The summed E-state index contributed by atoms with van der Waals surface area (Å²) in [6.07, 6.45) is 5.37. The minimum atomic E-state index is 0.419. The molecule has 2 aliphatic heterocycles. The van der Waals surface area contributed by atoms with Crippen molar-refractivity contribution >= 4 is 0 Å². The van der Waals surface area contributed by atoms with Crippen molar-refractivity contribution in [3.8, 4) is 16.9 Å². The van der Waals surface area contributed by atoms with E-state index >= 15 is 0 Å². The van der Waals surface area contributed by atoms with E-state index in [1.54, 1.807) is 0 Å². The van der Waals surface area contributed by atoms with E-state index in [1.807, 2.05) is 6.20 Å². The third-order valence-electron chi connectivity index (χ3n) is 4.08. The zero-order chi connectivity index (χ0) is 12.7. The zero-order valence-corrected chi connectivity index (χ0v) is 10.8. The Bertz CT molecular complexity index is 599. The molecule has 0 amide bonds. The molecule has 1 unspecified atom stereocenters. The molecular formula is C15H17N3O. The normalized spacial score (nSPS) is 21.4. The zero-order valence-electron chi connectivity index (χ0n) is 10.8. The lowest BCUT2D eigenvalue weighted by Gasteiger charge is -2.11. The van der Waals surface area contributed by atoms with Crippen molar-refractivity contribution in [3.63, 3.8) is 0 Å². The highest BCUT2D eigenvalue weighted by Gasteiger charge is 2.22. The summed E-state index contributed by atoms with van der Waals surface area (Å²) < 4.78 is 5.57. The van der Waals surface area contributed by atoms with E-state index in [4.69, 9.17) is 4.74 Å². The summed E-state index contributed by atoms with van der Waals surface area (Å²) in [5.74, 6) is 1.03. The smallest absolute Gasteiger partial charge is 0.122 e. The molecule has 4 rings (SSSR count). The van der Waals surface area contributed by atoms with Crippen LogP contribution in [0.4, 0.5) is 0 Å². The van der Waals surface area contributed by atoms with Crippen LogP contribution in [-0.2, 0) is 6.42 Å². The number of hydrogen-bond donors (Lipinski definition) is 2. The highest BCUT2D eigenvalue weighted by atomic mass is 16.5. The Hall–Kier alpha value is -1.81. The van der Waals surface area contributed by atoms with Gasteiger partial charge in [0.05, 0.1) is 18.5 Å². The summed E-state index contributed by atoms with van der Waals surface area (Å²) in [4.78, 5) is 0. The number of fused-ring (bicyclic) bond motifs is 1. The van der Waals surface area contributed by atoms with Gasteiger partial charge in [-0.2, -0.15) is 5.10 Å². The molecule has 0 spiro atoms. The molecule has 2 aliphatic rings. The van der Waals surface area contributed by atoms with Crippen LogP contribution in [0.15, 0.2) is 24.4 Å². The molecule has 0 bridgehead atoms. The fourth-order valence-electron chi connectivity index (χ4n) is 3.08. The first kappa shape index (κ1) is 11.1. The number of hydrogen-bond acceptors (Lipinski definition) is 3. The molecular weight excluding hydrogens is 238 g/mol. The fourth-order valence-corrected chi connectivity index (χ4v) is 3.08. The van der Waals surface area contributed by atoms with Crippen LogP contribution in [0, 0.1) is 0 Å². The predicted molar refractivity (Wildman–Crippen MR) is 73.2 cm³/mol. The lowest BCUT2D eigenvalue weighted by Crippen LogP contribution is -2.14. The summed E-state index contributed by atoms with van der Waals surface area (Å²) in [5.41, 5.74) is 4.98. The first-order valence-electron chi connectivity index (χ1n) is 6.94. The molecule has 1 aromatic heterocycles. The largest absolute Gasteiger partial charge is 0.493 e. The molecule has 98 valence electrons. The second-order valence-corrected chi connectivity index (χ2v) is 5.27. The van der Waals surface area contributed by atoms with Gasteiger partial charge in [-0.25, -0.2) is 0 Å². The van der Waals surface area contributed by atoms with Gasteiger partial charge in [-0.3, -0.25) is 5.10 Å². The van der Waals surface area contributed by atoms with E-state index in [0.717, 1.165) is 25.3 Å². The second-order valence-electron chi connectivity index (χ2n) is 5.27. The minimum absolute atomic E-state index is 0.419. The topological polar surface area (TPSA) is 49.9 Å². The fraction of sp³-hybridized carbons (Fsp3) is 0.400. The van der Waals surface area contributed by atoms with Crippen LogP contribution in [0.5, 0.6) is 5.75 Å². The van der Waals surface area contributed by atoms with Gasteiger partial charge in [-0.1, -0.05) is 6.07 Å². The maximum atomic E-state index is 5.57. The van der Waals surface area contributed by atoms with E-state index in [-0.39, 0.29) is 0 Å². The number of aromatic amines is 1. The van der Waals surface area contributed by atoms with Crippen molar-refractivity contribution in [2.45, 2.75) is 25.3 Å². The average Bonchev–Trinajstić information content (AvgIpc) is 3.18. The summed E-state index contributed by atoms with van der Waals surface area (Å²) >= 11 is 0. The number of benzene rings is 1. The quantitative estimate of drug-likeness (QED) is 0.866. The molecule has 1 aromatic carbocycles. The van der Waals surface area contributed by atoms with Crippen molar-refractivity contribution in [2.24, 2.45) is 0 Å². The van der Waals surface area contributed by atoms with Gasteiger partial charge in [0.25, 0.3) is 0 Å². The van der Waals surface area contributed by atoms with E-state index in [2.05, 4.69) is 33.7 Å². The molecule has 1 fully saturated rings. The van der Waals surface area contributed by atoms with Crippen LogP contribution in [0.3, 0.4) is 0 Å². The minimum Gasteiger partial charge on any atom is -0.493 e. The number of rotatable bonds is 2. The molecule has 4 heteroatoms. The number of nitrogens with one attached hydrogen (secondary N) is 2. The van der Waals surface area contributed by atoms with Crippen LogP contribution in [-0.4, -0.2) is 23.3 Å². The Labute approximate surface area is 112 Å². The van der Waals surface area contributed by atoms with Crippen LogP contribution >= 0.6 is 0 Å². The SMILES string of the molecule is c1cc2c(cc1-c1cn[nH]c1C1CCCN1)CCO2. The molecule has 3 heterocycles. The first-order chi connectivity index (χ1) is 9.42. The number of aromatic nitrogens is 2. The van der Waals surface area contributed by atoms with Gasteiger partial charge in [0.15, 0.2) is 0 Å². The van der Waals surface area contributed by atoms with Crippen LogP contribution < -0.4 is 10.1 Å². The van der Waals surface area contributed by atoms with Crippen molar-refractivity contribution in [2.75, 3.05) is 13.2 Å². The summed E-state index contributed by atoms with van der Waals surface area (Å²) in [6, 6.07) is 6.87. The van der Waals surface area contributed by atoms with Gasteiger partial charge in [0.1, 0.15) is 5.75 Å². The van der Waals surface area contributed by atoms with Gasteiger partial charge >= 0.3 is 0 Å². The van der Waals surface area contributed by atoms with Crippen molar-refractivity contribution in [3.05, 3.63) is 35.7 Å². The van der Waals surface area contributed by atoms with E-state index < -0.39 is 0 Å². The Kier molecular flexibility index (Phi) is 2.55. The highest BCUT2D eigenvalue weighted by Crippen LogP contribution is 2.34. The Balaban J connectivity index is 1.74. The summed E-state index contributed by atoms with van der Waals surface area (Å²) in [7, 11) is 0. The predicted octanol–water partition coefficient (Wildman–Crippen LogP) is 2.44. The van der Waals surface area contributed by atoms with Gasteiger partial charge in [-0.15, -0.1) is 0 Å². The molecule has 2 N–H and O–H groups in total. The van der Waals surface area contributed by atoms with E-state index in [1.165, 1.54) is 35.2 Å². The standard InChI is InChI=1S/C15H17N3O/c1-2-13(16-6-1)15-12(9-17-18-15)10-3-4-14-11(8-10)5-7-19-14/h3-4,8-9,13,16H,1-2,5-7H2,(H,17,18). The molecule has 1 atom stereocenters. The molecule has 2 aromatic rings. The Morgan fingerprint density at radius 1 is 1.32 bits per heavy atom. The monoisotopic (exact) mass is 255 g/mol. The second kappa shape index (κ2) is 4.38. The first-order valence-corrected chi connectivity index (χ1v) is 6.94. The maximum absolute atomic E-state index is 5.57. The van der Waals surface area contributed by atoms with Crippen molar-refractivity contribution in [1.29, 1.82) is 0 Å². The molecule has 0 saturated carbocycles. The lowest BCUT2D eigenvalue weighted by atomic mass is 9.99. The van der Waals surface area contributed by atoms with Gasteiger partial charge in [0.2, 0.25) is 0 Å². The maximum Gasteiger partial charge on any atom is 0.122 e. The summed E-state index contributed by atoms with van der Waals surface area (Å²) in [5, 5.41) is 10.9. The lowest BCUT2D eigenvalue weighted by molar-refractivity contribution is 0.357. The van der Waals surface area contributed by atoms with Gasteiger partial charge in [0, 0.05) is 18.0 Å². The third-order valence-corrected chi connectivity index (χ3v) is 4.08. The Morgan fingerprint density at radius 2 is 2.32 bits per heavy atom. The summed E-state index contributed by atoms with van der Waals surface area (Å²) in [6.45, 7) is 1.91. The van der Waals surface area contributed by atoms with E-state index in [9.17, 15) is 0 Å². The van der Waals surface area contributed by atoms with Crippen LogP contribution in [0.1, 0.15) is 30.1 Å². The number of nitrogens with zero attached hydrogens (tertiary/aromatic N) is 1. The highest BCUT2D eigenvalue weighted by molar-refractivity contribution is 5.68. The molecule has 0 aliphatic carbocycles. The van der Waals surface area contributed by atoms with E-state index in [0.29, 0.717) is 6.04 Å². The molecule has 1 saturated heterocycles. The molecule has 4 nitrogen and oxygen atoms in total. The van der Waals surface area contributed by atoms with Gasteiger partial charge < -0.3 is 10.1 Å². The average molecular weight is 255 g/mol. The van der Waals surface area contributed by atoms with Crippen molar-refractivity contribution < 1.29 is 4.74 Å².